The average molecular weight is 346 g/mol. The maximum Gasteiger partial charge on any atom is 0.262 e. The minimum Gasteiger partial charge on any atom is -0.484 e. The van der Waals surface area contributed by atoms with Crippen molar-refractivity contribution in [2.75, 3.05) is 17.2 Å². The molecule has 0 spiro atoms. The molecule has 0 aromatic heterocycles. The highest BCUT2D eigenvalue weighted by molar-refractivity contribution is 5.92. The molecule has 0 saturated carbocycles. The first-order valence-electron chi connectivity index (χ1n) is 8.52. The fourth-order valence-electron chi connectivity index (χ4n) is 2.47. The number of anilines is 3. The molecule has 0 unspecified atom stereocenters. The van der Waals surface area contributed by atoms with Crippen LogP contribution in [0.5, 0.6) is 5.75 Å². The fourth-order valence-corrected chi connectivity index (χ4v) is 2.47. The lowest BCUT2D eigenvalue weighted by atomic mass is 10.1. The Morgan fingerprint density at radius 3 is 2.15 bits per heavy atom. The summed E-state index contributed by atoms with van der Waals surface area (Å²) in [6.07, 6.45) is 0. The van der Waals surface area contributed by atoms with Crippen molar-refractivity contribution in [2.24, 2.45) is 0 Å². The quantitative estimate of drug-likeness (QED) is 0.655. The number of para-hydroxylation sites is 1. The second kappa shape index (κ2) is 8.21. The Morgan fingerprint density at radius 1 is 0.808 bits per heavy atom. The fraction of sp³-hybridized carbons (Fsp3) is 0.136. The molecule has 132 valence electrons. The third-order valence-electron chi connectivity index (χ3n) is 4.08. The van der Waals surface area contributed by atoms with Gasteiger partial charge in [0.25, 0.3) is 5.91 Å². The molecule has 3 aromatic carbocycles. The van der Waals surface area contributed by atoms with Crippen molar-refractivity contribution in [1.82, 2.24) is 0 Å². The molecule has 4 nitrogen and oxygen atoms in total. The highest BCUT2D eigenvalue weighted by atomic mass is 16.5. The lowest BCUT2D eigenvalue weighted by Gasteiger charge is -2.10. The van der Waals surface area contributed by atoms with E-state index in [-0.39, 0.29) is 12.5 Å². The lowest BCUT2D eigenvalue weighted by molar-refractivity contribution is -0.118. The standard InChI is InChI=1S/C22H22N2O2/c1-16-8-13-21(14-17(16)2)26-15-22(25)24-20-11-9-19(10-12-20)23-18-6-4-3-5-7-18/h3-14,23H,15H2,1-2H3,(H,24,25). The van der Waals surface area contributed by atoms with E-state index in [1.165, 1.54) is 5.56 Å². The van der Waals surface area contributed by atoms with Crippen LogP contribution in [0.25, 0.3) is 0 Å². The summed E-state index contributed by atoms with van der Waals surface area (Å²) in [6, 6.07) is 23.3. The third kappa shape index (κ3) is 4.86. The summed E-state index contributed by atoms with van der Waals surface area (Å²) in [5.41, 5.74) is 5.05. The van der Waals surface area contributed by atoms with Gasteiger partial charge in [-0.2, -0.15) is 0 Å². The van der Waals surface area contributed by atoms with Crippen molar-refractivity contribution >= 4 is 23.0 Å². The molecule has 0 radical (unpaired) electrons. The number of carbonyl (C=O) groups excluding carboxylic acids is 1. The number of rotatable bonds is 6. The predicted molar refractivity (Wildman–Crippen MR) is 106 cm³/mol. The van der Waals surface area contributed by atoms with Gasteiger partial charge in [0.15, 0.2) is 6.61 Å². The first kappa shape index (κ1) is 17.5. The summed E-state index contributed by atoms with van der Waals surface area (Å²) in [6.45, 7) is 4.04. The number of carbonyl (C=O) groups is 1. The first-order valence-corrected chi connectivity index (χ1v) is 8.52. The van der Waals surface area contributed by atoms with Gasteiger partial charge in [0.1, 0.15) is 5.75 Å². The van der Waals surface area contributed by atoms with Crippen LogP contribution in [0.15, 0.2) is 72.8 Å². The smallest absolute Gasteiger partial charge is 0.262 e. The number of nitrogens with one attached hydrogen (secondary N) is 2. The molecule has 0 atom stereocenters. The molecule has 26 heavy (non-hydrogen) atoms. The van der Waals surface area contributed by atoms with E-state index in [1.807, 2.05) is 86.6 Å². The number of amides is 1. The van der Waals surface area contributed by atoms with Gasteiger partial charge in [-0.1, -0.05) is 24.3 Å². The van der Waals surface area contributed by atoms with Crippen LogP contribution in [0.1, 0.15) is 11.1 Å². The molecule has 1 amide bonds. The Kier molecular flexibility index (Phi) is 5.54. The maximum atomic E-state index is 12.1. The van der Waals surface area contributed by atoms with E-state index in [2.05, 4.69) is 10.6 Å². The molecule has 0 saturated heterocycles. The van der Waals surface area contributed by atoms with Crippen LogP contribution in [-0.2, 0) is 4.79 Å². The van der Waals surface area contributed by atoms with E-state index in [1.54, 1.807) is 0 Å². The van der Waals surface area contributed by atoms with Crippen LogP contribution in [0, 0.1) is 13.8 Å². The van der Waals surface area contributed by atoms with Gasteiger partial charge in [-0.05, 0) is 73.5 Å². The Morgan fingerprint density at radius 2 is 1.46 bits per heavy atom. The molecule has 0 aliphatic heterocycles. The summed E-state index contributed by atoms with van der Waals surface area (Å²) in [5, 5.41) is 6.14. The molecule has 0 bridgehead atoms. The van der Waals surface area contributed by atoms with E-state index in [9.17, 15) is 4.79 Å². The normalized spacial score (nSPS) is 10.2. The van der Waals surface area contributed by atoms with Crippen molar-refractivity contribution in [1.29, 1.82) is 0 Å². The molecule has 3 aromatic rings. The van der Waals surface area contributed by atoms with E-state index in [0.29, 0.717) is 5.75 Å². The number of aryl methyl sites for hydroxylation is 2. The minimum atomic E-state index is -0.188. The zero-order chi connectivity index (χ0) is 18.4. The number of hydrogen-bond acceptors (Lipinski definition) is 3. The van der Waals surface area contributed by atoms with Crippen molar-refractivity contribution in [3.63, 3.8) is 0 Å². The molecule has 3 rings (SSSR count). The Balaban J connectivity index is 1.51. The van der Waals surface area contributed by atoms with Crippen LogP contribution in [0.3, 0.4) is 0 Å². The monoisotopic (exact) mass is 346 g/mol. The molecule has 4 heteroatoms. The van der Waals surface area contributed by atoms with E-state index >= 15 is 0 Å². The molecule has 0 heterocycles. The second-order valence-corrected chi connectivity index (χ2v) is 6.15. The zero-order valence-corrected chi connectivity index (χ0v) is 15.0. The predicted octanol–water partition coefficient (Wildman–Crippen LogP) is 5.06. The highest BCUT2D eigenvalue weighted by Gasteiger charge is 2.05. The van der Waals surface area contributed by atoms with Gasteiger partial charge in [-0.15, -0.1) is 0 Å². The number of benzene rings is 3. The Labute approximate surface area is 153 Å². The van der Waals surface area contributed by atoms with E-state index < -0.39 is 0 Å². The van der Waals surface area contributed by atoms with Crippen molar-refractivity contribution in [2.45, 2.75) is 13.8 Å². The first-order chi connectivity index (χ1) is 12.6. The van der Waals surface area contributed by atoms with Crippen molar-refractivity contribution in [3.8, 4) is 5.75 Å². The summed E-state index contributed by atoms with van der Waals surface area (Å²) < 4.78 is 5.55. The molecule has 0 fully saturated rings. The van der Waals surface area contributed by atoms with Gasteiger partial charge in [-0.3, -0.25) is 4.79 Å². The molecular formula is C22H22N2O2. The molecule has 2 N–H and O–H groups in total. The van der Waals surface area contributed by atoms with E-state index in [0.717, 1.165) is 22.6 Å². The summed E-state index contributed by atoms with van der Waals surface area (Å²) in [7, 11) is 0. The molecular weight excluding hydrogens is 324 g/mol. The van der Waals surface area contributed by atoms with Gasteiger partial charge >= 0.3 is 0 Å². The summed E-state index contributed by atoms with van der Waals surface area (Å²) in [4.78, 5) is 12.1. The van der Waals surface area contributed by atoms with Crippen LogP contribution in [-0.4, -0.2) is 12.5 Å². The maximum absolute atomic E-state index is 12.1. The van der Waals surface area contributed by atoms with E-state index in [4.69, 9.17) is 4.74 Å². The van der Waals surface area contributed by atoms with Crippen LogP contribution in [0.4, 0.5) is 17.1 Å². The van der Waals surface area contributed by atoms with Crippen LogP contribution < -0.4 is 15.4 Å². The number of hydrogen-bond donors (Lipinski definition) is 2. The minimum absolute atomic E-state index is 0.0213. The second-order valence-electron chi connectivity index (χ2n) is 6.15. The van der Waals surface area contributed by atoms with Gasteiger partial charge in [-0.25, -0.2) is 0 Å². The van der Waals surface area contributed by atoms with Gasteiger partial charge in [0.05, 0.1) is 0 Å². The molecule has 0 aliphatic carbocycles. The average Bonchev–Trinajstić information content (AvgIpc) is 2.65. The third-order valence-corrected chi connectivity index (χ3v) is 4.08. The highest BCUT2D eigenvalue weighted by Crippen LogP contribution is 2.19. The Bertz CT molecular complexity index is 874. The van der Waals surface area contributed by atoms with Gasteiger partial charge in [0.2, 0.25) is 0 Å². The zero-order valence-electron chi connectivity index (χ0n) is 15.0. The van der Waals surface area contributed by atoms with Gasteiger partial charge < -0.3 is 15.4 Å². The summed E-state index contributed by atoms with van der Waals surface area (Å²) in [5.74, 6) is 0.512. The summed E-state index contributed by atoms with van der Waals surface area (Å²) >= 11 is 0. The van der Waals surface area contributed by atoms with Crippen molar-refractivity contribution < 1.29 is 9.53 Å². The largest absolute Gasteiger partial charge is 0.484 e. The van der Waals surface area contributed by atoms with Crippen molar-refractivity contribution in [3.05, 3.63) is 83.9 Å². The number of ether oxygens (including phenoxy) is 1. The van der Waals surface area contributed by atoms with Crippen LogP contribution in [0.2, 0.25) is 0 Å². The van der Waals surface area contributed by atoms with Crippen LogP contribution >= 0.6 is 0 Å². The molecule has 0 aliphatic rings. The van der Waals surface area contributed by atoms with Gasteiger partial charge in [0, 0.05) is 17.1 Å². The topological polar surface area (TPSA) is 50.4 Å². The Hall–Kier alpha value is -3.27. The lowest BCUT2D eigenvalue weighted by Crippen LogP contribution is -2.20. The SMILES string of the molecule is Cc1ccc(OCC(=O)Nc2ccc(Nc3ccccc3)cc2)cc1C.